The molecule has 1 aromatic carbocycles. The number of para-hydroxylation sites is 1. The number of ether oxygens (including phenoxy) is 1. The monoisotopic (exact) mass is 433 g/mol. The van der Waals surface area contributed by atoms with E-state index in [0.717, 1.165) is 11.1 Å². The van der Waals surface area contributed by atoms with Gasteiger partial charge in [-0.3, -0.25) is 9.05 Å². The van der Waals surface area contributed by atoms with Gasteiger partial charge in [0, 0.05) is 46.9 Å². The molecular formula is C16H25O6PY-2. The van der Waals surface area contributed by atoms with Crippen LogP contribution in [-0.4, -0.2) is 20.7 Å². The van der Waals surface area contributed by atoms with E-state index in [9.17, 15) is 9.36 Å². The molecule has 0 bridgehead atoms. The van der Waals surface area contributed by atoms with Gasteiger partial charge in [0.25, 0.3) is 0 Å². The van der Waals surface area contributed by atoms with E-state index in [1.807, 2.05) is 18.2 Å². The minimum Gasteiger partial charge on any atom is -0.609 e. The number of benzene rings is 1. The van der Waals surface area contributed by atoms with E-state index in [1.165, 1.54) is 20.7 Å². The molecule has 1 aromatic rings. The molecule has 0 spiro atoms. The van der Waals surface area contributed by atoms with E-state index in [1.54, 1.807) is 0 Å². The summed E-state index contributed by atoms with van der Waals surface area (Å²) in [7, 11) is 2.05. The predicted molar refractivity (Wildman–Crippen MR) is 89.0 cm³/mol. The molecule has 0 aliphatic rings. The number of hydrogen-bond acceptors (Lipinski definition) is 6. The van der Waals surface area contributed by atoms with Crippen LogP contribution in [-0.2, 0) is 55.6 Å². The first-order valence-corrected chi connectivity index (χ1v) is 8.54. The zero-order valence-electron chi connectivity index (χ0n) is 15.1. The molecule has 0 aliphatic carbocycles. The minimum absolute atomic E-state index is 0. The average Bonchev–Trinajstić information content (AvgIpc) is 2.54. The Bertz CT molecular complexity index is 488. The minimum atomic E-state index is -3.27. The molecule has 0 saturated carbocycles. The SMILES string of the molecule is CC(C)c1cccc(C(C)C)c1O[C-]=O.[CH2-]OP(=O)(OC)OC.[Y]. The summed E-state index contributed by atoms with van der Waals surface area (Å²) in [6.45, 7) is 9.85. The third-order valence-electron chi connectivity index (χ3n) is 3.07. The summed E-state index contributed by atoms with van der Waals surface area (Å²) in [6, 6.07) is 5.98. The summed E-state index contributed by atoms with van der Waals surface area (Å²) in [4.78, 5) is 10.4. The summed E-state index contributed by atoms with van der Waals surface area (Å²) in [6.07, 6.45) is 0. The van der Waals surface area contributed by atoms with E-state index < -0.39 is 7.82 Å². The number of hydrogen-bond donors (Lipinski definition) is 0. The van der Waals surface area contributed by atoms with Crippen molar-refractivity contribution in [1.29, 1.82) is 0 Å². The molecule has 0 heterocycles. The van der Waals surface area contributed by atoms with Crippen LogP contribution in [0.25, 0.3) is 0 Å². The largest absolute Gasteiger partial charge is 0.609 e. The molecule has 0 N–H and O–H groups in total. The van der Waals surface area contributed by atoms with Crippen molar-refractivity contribution in [2.24, 2.45) is 0 Å². The van der Waals surface area contributed by atoms with Crippen LogP contribution in [0.5, 0.6) is 5.75 Å². The first-order valence-electron chi connectivity index (χ1n) is 7.08. The van der Waals surface area contributed by atoms with Gasteiger partial charge < -0.3 is 14.1 Å². The van der Waals surface area contributed by atoms with E-state index in [2.05, 4.69) is 48.4 Å². The molecular weight excluding hydrogens is 408 g/mol. The van der Waals surface area contributed by atoms with E-state index in [-0.39, 0.29) is 32.7 Å². The van der Waals surface area contributed by atoms with Crippen molar-refractivity contribution < 1.29 is 60.4 Å². The molecule has 1 radical (unpaired) electrons. The molecule has 6 nitrogen and oxygen atoms in total. The van der Waals surface area contributed by atoms with Gasteiger partial charge in [0.05, 0.1) is 0 Å². The van der Waals surface area contributed by atoms with E-state index in [0.29, 0.717) is 17.6 Å². The summed E-state index contributed by atoms with van der Waals surface area (Å²) in [5.41, 5.74) is 2.12. The van der Waals surface area contributed by atoms with Gasteiger partial charge in [0.15, 0.2) is 6.47 Å². The van der Waals surface area contributed by atoms with Gasteiger partial charge in [-0.25, -0.2) is 11.7 Å². The molecule has 8 heteroatoms. The Morgan fingerprint density at radius 2 is 1.46 bits per heavy atom. The van der Waals surface area contributed by atoms with Crippen LogP contribution in [0.4, 0.5) is 0 Å². The zero-order chi connectivity index (χ0) is 18.0. The molecule has 0 fully saturated rings. The summed E-state index contributed by atoms with van der Waals surface area (Å²) in [5, 5.41) is 0. The maximum atomic E-state index is 10.6. The number of phosphoric acid groups is 1. The Labute approximate surface area is 170 Å². The molecule has 0 unspecified atom stereocenters. The zero-order valence-corrected chi connectivity index (χ0v) is 18.8. The van der Waals surface area contributed by atoms with Crippen molar-refractivity contribution in [3.63, 3.8) is 0 Å². The Morgan fingerprint density at radius 1 is 1.04 bits per heavy atom. The first kappa shape index (κ1) is 26.1. The van der Waals surface area contributed by atoms with Gasteiger partial charge >= 0.3 is 7.82 Å². The second kappa shape index (κ2) is 13.2. The van der Waals surface area contributed by atoms with E-state index in [4.69, 9.17) is 4.74 Å². The van der Waals surface area contributed by atoms with Crippen molar-refractivity contribution in [3.8, 4) is 5.75 Å². The molecule has 0 amide bonds. The summed E-state index contributed by atoms with van der Waals surface area (Å²) >= 11 is 0. The first-order chi connectivity index (χ1) is 10.8. The maximum absolute atomic E-state index is 10.6. The normalized spacial score (nSPS) is 10.7. The van der Waals surface area contributed by atoms with Crippen LogP contribution in [0, 0.1) is 7.11 Å². The predicted octanol–water partition coefficient (Wildman–Crippen LogP) is 4.57. The van der Waals surface area contributed by atoms with Crippen molar-refractivity contribution in [1.82, 2.24) is 0 Å². The third kappa shape index (κ3) is 8.33. The second-order valence-corrected chi connectivity index (χ2v) is 7.08. The molecule has 0 saturated heterocycles. The fraction of sp³-hybridized carbons (Fsp3) is 0.500. The molecule has 0 aromatic heterocycles. The van der Waals surface area contributed by atoms with Crippen LogP contribution < -0.4 is 4.74 Å². The van der Waals surface area contributed by atoms with Gasteiger partial charge in [-0.2, -0.15) is 0 Å². The fourth-order valence-corrected chi connectivity index (χ4v) is 2.18. The van der Waals surface area contributed by atoms with Crippen LogP contribution in [0.1, 0.15) is 50.7 Å². The summed E-state index contributed by atoms with van der Waals surface area (Å²) < 4.78 is 28.2. The molecule has 0 aliphatic heterocycles. The molecule has 135 valence electrons. The van der Waals surface area contributed by atoms with Crippen LogP contribution in [0.15, 0.2) is 18.2 Å². The molecule has 1 rings (SSSR count). The Kier molecular flexibility index (Phi) is 14.3. The Morgan fingerprint density at radius 3 is 1.67 bits per heavy atom. The van der Waals surface area contributed by atoms with Crippen LogP contribution >= 0.6 is 7.82 Å². The third-order valence-corrected chi connectivity index (χ3v) is 4.28. The molecule has 0 atom stereocenters. The quantitative estimate of drug-likeness (QED) is 0.464. The van der Waals surface area contributed by atoms with Crippen LogP contribution in [0.3, 0.4) is 0 Å². The van der Waals surface area contributed by atoms with E-state index >= 15 is 0 Å². The van der Waals surface area contributed by atoms with Crippen molar-refractivity contribution in [2.45, 2.75) is 39.5 Å². The van der Waals surface area contributed by atoms with Gasteiger partial charge in [0.1, 0.15) is 0 Å². The standard InChI is InChI=1S/C13H17O2.C3H8O4P.Y/c1-9(2)11-6-5-7-12(10(3)4)13(11)15-8-14;1-5-8(4,6-2)7-3;/h5-7,9-10H,1-4H3;1H2,2-3H3;/q2*-1;. The summed E-state index contributed by atoms with van der Waals surface area (Å²) in [5.74, 6) is 1.36. The van der Waals surface area contributed by atoms with Crippen molar-refractivity contribution in [3.05, 3.63) is 36.4 Å². The average molecular weight is 433 g/mol. The number of rotatable bonds is 7. The van der Waals surface area contributed by atoms with Gasteiger partial charge in [0.2, 0.25) is 0 Å². The fourth-order valence-electron chi connectivity index (χ4n) is 1.82. The van der Waals surface area contributed by atoms with Crippen LogP contribution in [0.2, 0.25) is 0 Å². The maximum Gasteiger partial charge on any atom is 0.443 e. The van der Waals surface area contributed by atoms with Gasteiger partial charge in [-0.1, -0.05) is 57.0 Å². The van der Waals surface area contributed by atoms with Crippen molar-refractivity contribution >= 4 is 14.3 Å². The number of phosphoric ester groups is 1. The Balaban J connectivity index is 0. The topological polar surface area (TPSA) is 71.1 Å². The van der Waals surface area contributed by atoms with Gasteiger partial charge in [-0.05, 0) is 17.6 Å². The second-order valence-electron chi connectivity index (χ2n) is 5.20. The van der Waals surface area contributed by atoms with Gasteiger partial charge in [-0.15, -0.1) is 0 Å². The van der Waals surface area contributed by atoms with Crippen molar-refractivity contribution in [2.75, 3.05) is 14.2 Å². The Hall–Kier alpha value is -0.0961. The number of carbonyl (C=O) groups excluding carboxylic acids is 1. The molecule has 24 heavy (non-hydrogen) atoms. The smallest absolute Gasteiger partial charge is 0.443 e.